The number of aliphatic hydroxyl groups excluding tert-OH is 1. The molecule has 0 spiro atoms. The highest BCUT2D eigenvalue weighted by Crippen LogP contribution is 2.22. The number of urea groups is 1. The van der Waals surface area contributed by atoms with Gasteiger partial charge in [0.25, 0.3) is 0 Å². The SMILES string of the molecule is COc1ccccc1NC(=O)NCCCCCCO. The summed E-state index contributed by atoms with van der Waals surface area (Å²) in [5.74, 6) is 0.639. The summed E-state index contributed by atoms with van der Waals surface area (Å²) >= 11 is 0. The maximum absolute atomic E-state index is 11.7. The first-order valence-electron chi connectivity index (χ1n) is 6.56. The summed E-state index contributed by atoms with van der Waals surface area (Å²) in [7, 11) is 1.57. The van der Waals surface area contributed by atoms with Crippen molar-refractivity contribution in [1.82, 2.24) is 5.32 Å². The second kappa shape index (κ2) is 9.22. The van der Waals surface area contributed by atoms with Gasteiger partial charge in [-0.3, -0.25) is 0 Å². The average molecular weight is 266 g/mol. The molecule has 0 aliphatic rings. The fraction of sp³-hybridized carbons (Fsp3) is 0.500. The molecule has 0 heterocycles. The van der Waals surface area contributed by atoms with Crippen LogP contribution in [0.5, 0.6) is 5.75 Å². The minimum absolute atomic E-state index is 0.230. The van der Waals surface area contributed by atoms with Gasteiger partial charge in [0.15, 0.2) is 0 Å². The van der Waals surface area contributed by atoms with Crippen LogP contribution < -0.4 is 15.4 Å². The molecule has 0 radical (unpaired) electrons. The Morgan fingerprint density at radius 2 is 1.95 bits per heavy atom. The van der Waals surface area contributed by atoms with E-state index in [9.17, 15) is 4.79 Å². The van der Waals surface area contributed by atoms with Crippen LogP contribution in [0, 0.1) is 0 Å². The molecule has 0 saturated carbocycles. The normalized spacial score (nSPS) is 10.0. The average Bonchev–Trinajstić information content (AvgIpc) is 2.43. The lowest BCUT2D eigenvalue weighted by Crippen LogP contribution is -2.29. The van der Waals surface area contributed by atoms with Crippen molar-refractivity contribution in [3.05, 3.63) is 24.3 Å². The molecular weight excluding hydrogens is 244 g/mol. The molecule has 0 bridgehead atoms. The smallest absolute Gasteiger partial charge is 0.319 e. The number of methoxy groups -OCH3 is 1. The van der Waals surface area contributed by atoms with E-state index in [1.165, 1.54) is 0 Å². The van der Waals surface area contributed by atoms with Crippen molar-refractivity contribution in [2.75, 3.05) is 25.6 Å². The predicted octanol–water partition coefficient (Wildman–Crippen LogP) is 2.37. The Morgan fingerprint density at radius 3 is 2.68 bits per heavy atom. The van der Waals surface area contributed by atoms with Crippen LogP contribution in [0.2, 0.25) is 0 Å². The first-order valence-corrected chi connectivity index (χ1v) is 6.56. The lowest BCUT2D eigenvalue weighted by Gasteiger charge is -2.10. The molecule has 5 nitrogen and oxygen atoms in total. The van der Waals surface area contributed by atoms with Crippen LogP contribution in [-0.4, -0.2) is 31.4 Å². The van der Waals surface area contributed by atoms with E-state index in [-0.39, 0.29) is 12.6 Å². The van der Waals surface area contributed by atoms with Crippen LogP contribution in [0.25, 0.3) is 0 Å². The van der Waals surface area contributed by atoms with Gasteiger partial charge in [-0.2, -0.15) is 0 Å². The quantitative estimate of drug-likeness (QED) is 0.633. The summed E-state index contributed by atoms with van der Waals surface area (Å²) in [6.45, 7) is 0.869. The Hall–Kier alpha value is -1.75. The number of para-hydroxylation sites is 2. The van der Waals surface area contributed by atoms with Gasteiger partial charge in [-0.1, -0.05) is 25.0 Å². The molecule has 19 heavy (non-hydrogen) atoms. The molecule has 0 atom stereocenters. The first-order chi connectivity index (χ1) is 9.27. The molecular formula is C14H22N2O3. The van der Waals surface area contributed by atoms with Crippen molar-refractivity contribution in [3.8, 4) is 5.75 Å². The van der Waals surface area contributed by atoms with E-state index >= 15 is 0 Å². The van der Waals surface area contributed by atoms with Crippen LogP contribution in [0.3, 0.4) is 0 Å². The first kappa shape index (κ1) is 15.3. The third kappa shape index (κ3) is 6.10. The lowest BCUT2D eigenvalue weighted by atomic mass is 10.2. The number of aliphatic hydroxyl groups is 1. The van der Waals surface area contributed by atoms with Crippen molar-refractivity contribution in [1.29, 1.82) is 0 Å². The summed E-state index contributed by atoms with van der Waals surface area (Å²) < 4.78 is 5.15. The number of amides is 2. The van der Waals surface area contributed by atoms with Gasteiger partial charge in [-0.05, 0) is 25.0 Å². The van der Waals surface area contributed by atoms with Crippen LogP contribution in [-0.2, 0) is 0 Å². The van der Waals surface area contributed by atoms with E-state index in [0.717, 1.165) is 25.7 Å². The van der Waals surface area contributed by atoms with Crippen molar-refractivity contribution >= 4 is 11.7 Å². The van der Waals surface area contributed by atoms with Gasteiger partial charge >= 0.3 is 6.03 Å². The van der Waals surface area contributed by atoms with Crippen molar-refractivity contribution in [3.63, 3.8) is 0 Å². The number of benzene rings is 1. The highest BCUT2D eigenvalue weighted by Gasteiger charge is 2.05. The molecule has 0 fully saturated rings. The zero-order chi connectivity index (χ0) is 13.9. The molecule has 0 saturated heterocycles. The second-order valence-corrected chi connectivity index (χ2v) is 4.22. The van der Waals surface area contributed by atoms with Crippen LogP contribution in [0.15, 0.2) is 24.3 Å². The number of hydrogen-bond acceptors (Lipinski definition) is 3. The highest BCUT2D eigenvalue weighted by molar-refractivity contribution is 5.90. The maximum Gasteiger partial charge on any atom is 0.319 e. The number of unbranched alkanes of at least 4 members (excludes halogenated alkanes) is 3. The fourth-order valence-corrected chi connectivity index (χ4v) is 1.71. The van der Waals surface area contributed by atoms with Gasteiger partial charge in [0, 0.05) is 13.2 Å². The van der Waals surface area contributed by atoms with Gasteiger partial charge in [0.2, 0.25) is 0 Å². The molecule has 1 rings (SSSR count). The molecule has 0 aliphatic carbocycles. The van der Waals surface area contributed by atoms with Gasteiger partial charge in [0.1, 0.15) is 5.75 Å². The van der Waals surface area contributed by atoms with Gasteiger partial charge in [-0.15, -0.1) is 0 Å². The number of carbonyl (C=O) groups is 1. The predicted molar refractivity (Wildman–Crippen MR) is 75.6 cm³/mol. The van der Waals surface area contributed by atoms with E-state index in [2.05, 4.69) is 10.6 Å². The maximum atomic E-state index is 11.7. The minimum atomic E-state index is -0.230. The summed E-state index contributed by atoms with van der Waals surface area (Å²) in [6, 6.07) is 7.05. The highest BCUT2D eigenvalue weighted by atomic mass is 16.5. The third-order valence-electron chi connectivity index (χ3n) is 2.73. The largest absolute Gasteiger partial charge is 0.495 e. The van der Waals surface area contributed by atoms with Crippen LogP contribution in [0.1, 0.15) is 25.7 Å². The molecule has 106 valence electrons. The van der Waals surface area contributed by atoms with Gasteiger partial charge in [0.05, 0.1) is 12.8 Å². The van der Waals surface area contributed by atoms with Gasteiger partial charge < -0.3 is 20.5 Å². The monoisotopic (exact) mass is 266 g/mol. The van der Waals surface area contributed by atoms with Gasteiger partial charge in [-0.25, -0.2) is 4.79 Å². The summed E-state index contributed by atoms with van der Waals surface area (Å²) in [5.41, 5.74) is 0.655. The van der Waals surface area contributed by atoms with Crippen molar-refractivity contribution in [2.45, 2.75) is 25.7 Å². The Labute approximate surface area is 114 Å². The fourth-order valence-electron chi connectivity index (χ4n) is 1.71. The molecule has 2 amide bonds. The van der Waals surface area contributed by atoms with Crippen LogP contribution >= 0.6 is 0 Å². The summed E-state index contributed by atoms with van der Waals surface area (Å²) in [6.07, 6.45) is 3.74. The Balaban J connectivity index is 2.23. The van der Waals surface area contributed by atoms with E-state index in [1.54, 1.807) is 19.2 Å². The number of rotatable bonds is 8. The zero-order valence-corrected chi connectivity index (χ0v) is 11.3. The van der Waals surface area contributed by atoms with Crippen LogP contribution in [0.4, 0.5) is 10.5 Å². The minimum Gasteiger partial charge on any atom is -0.495 e. The number of hydrogen-bond donors (Lipinski definition) is 3. The number of anilines is 1. The molecule has 0 aliphatic heterocycles. The zero-order valence-electron chi connectivity index (χ0n) is 11.3. The third-order valence-corrected chi connectivity index (χ3v) is 2.73. The molecule has 0 unspecified atom stereocenters. The summed E-state index contributed by atoms with van der Waals surface area (Å²) in [5, 5.41) is 14.2. The Bertz CT molecular complexity index is 383. The number of ether oxygens (including phenoxy) is 1. The molecule has 0 aromatic heterocycles. The van der Waals surface area contributed by atoms with E-state index in [1.807, 2.05) is 12.1 Å². The Kier molecular flexibility index (Phi) is 7.43. The topological polar surface area (TPSA) is 70.6 Å². The molecule has 1 aromatic rings. The molecule has 3 N–H and O–H groups in total. The standard InChI is InChI=1S/C14H22N2O3/c1-19-13-9-5-4-8-12(13)16-14(18)15-10-6-2-3-7-11-17/h4-5,8-9,17H,2-3,6-7,10-11H2,1H3,(H2,15,16,18). The molecule has 1 aromatic carbocycles. The molecule has 5 heteroatoms. The summed E-state index contributed by atoms with van der Waals surface area (Å²) in [4.78, 5) is 11.7. The van der Waals surface area contributed by atoms with E-state index < -0.39 is 0 Å². The second-order valence-electron chi connectivity index (χ2n) is 4.22. The van der Waals surface area contributed by atoms with E-state index in [4.69, 9.17) is 9.84 Å². The van der Waals surface area contributed by atoms with Crippen molar-refractivity contribution < 1.29 is 14.6 Å². The van der Waals surface area contributed by atoms with Crippen molar-refractivity contribution in [2.24, 2.45) is 0 Å². The Morgan fingerprint density at radius 1 is 1.21 bits per heavy atom. The number of nitrogens with one attached hydrogen (secondary N) is 2. The number of carbonyl (C=O) groups excluding carboxylic acids is 1. The lowest BCUT2D eigenvalue weighted by molar-refractivity contribution is 0.251. The van der Waals surface area contributed by atoms with E-state index in [0.29, 0.717) is 18.0 Å².